The van der Waals surface area contributed by atoms with Gasteiger partial charge in [0, 0.05) is 37.1 Å². The fourth-order valence-corrected chi connectivity index (χ4v) is 3.33. The van der Waals surface area contributed by atoms with Crippen molar-refractivity contribution in [3.05, 3.63) is 53.9 Å². The summed E-state index contributed by atoms with van der Waals surface area (Å²) >= 11 is 0. The third-order valence-corrected chi connectivity index (χ3v) is 5.14. The van der Waals surface area contributed by atoms with E-state index in [4.69, 9.17) is 4.74 Å². The minimum Gasteiger partial charge on any atom is -0.497 e. The highest BCUT2D eigenvalue weighted by molar-refractivity contribution is 5.96. The van der Waals surface area contributed by atoms with Gasteiger partial charge in [-0.05, 0) is 55.7 Å². The number of methoxy groups -OCH3 is 1. The van der Waals surface area contributed by atoms with Gasteiger partial charge in [-0.15, -0.1) is 0 Å². The lowest BCUT2D eigenvalue weighted by molar-refractivity contribution is -0.133. The minimum absolute atomic E-state index is 0.0130. The molecule has 1 aliphatic carbocycles. The third kappa shape index (κ3) is 4.74. The molecule has 1 aliphatic rings. The number of benzene rings is 1. The topological polar surface area (TPSA) is 54.8 Å². The number of carbonyl (C=O) groups is 2. The number of aromatic nitrogens is 1. The number of carbonyl (C=O) groups excluding carboxylic acids is 2. The zero-order valence-electron chi connectivity index (χ0n) is 16.9. The number of hydrogen-bond acceptors (Lipinski definition) is 3. The number of aryl methyl sites for hydroxylation is 1. The first kappa shape index (κ1) is 20.0. The van der Waals surface area contributed by atoms with Gasteiger partial charge in [0.15, 0.2) is 0 Å². The molecule has 0 unspecified atom stereocenters. The maximum absolute atomic E-state index is 13.1. The van der Waals surface area contributed by atoms with Gasteiger partial charge in [-0.3, -0.25) is 9.59 Å². The number of rotatable bonds is 9. The fraction of sp³-hybridized carbons (Fsp3) is 0.455. The van der Waals surface area contributed by atoms with E-state index in [2.05, 4.69) is 0 Å². The zero-order chi connectivity index (χ0) is 20.1. The van der Waals surface area contributed by atoms with Crippen LogP contribution < -0.4 is 4.74 Å². The average molecular weight is 383 g/mol. The molecule has 2 amide bonds. The Morgan fingerprint density at radius 1 is 1.18 bits per heavy atom. The second kappa shape index (κ2) is 8.95. The van der Waals surface area contributed by atoms with E-state index in [-0.39, 0.29) is 18.4 Å². The van der Waals surface area contributed by atoms with Crippen LogP contribution in [-0.2, 0) is 18.4 Å². The molecular weight excluding hydrogens is 354 g/mol. The highest BCUT2D eigenvalue weighted by Gasteiger charge is 2.34. The predicted molar refractivity (Wildman–Crippen MR) is 108 cm³/mol. The van der Waals surface area contributed by atoms with Crippen molar-refractivity contribution in [1.29, 1.82) is 0 Å². The Balaban J connectivity index is 1.71. The molecule has 6 heteroatoms. The number of amides is 2. The standard InChI is InChI=1S/C22H29N3O3/c1-4-13-24(22(27)17-7-11-20(28-3)12-8-17)16-21(26)25(18-9-10-18)15-19-6-5-14-23(19)2/h5-8,11-12,14,18H,4,9-10,13,15-16H2,1-3H3. The quantitative estimate of drug-likeness (QED) is 0.669. The van der Waals surface area contributed by atoms with Gasteiger partial charge in [0.25, 0.3) is 5.91 Å². The summed E-state index contributed by atoms with van der Waals surface area (Å²) in [5, 5.41) is 0. The van der Waals surface area contributed by atoms with Crippen LogP contribution in [0.1, 0.15) is 42.2 Å². The SMILES string of the molecule is CCCN(CC(=O)N(Cc1cccn1C)C1CC1)C(=O)c1ccc(OC)cc1. The van der Waals surface area contributed by atoms with Gasteiger partial charge in [0.1, 0.15) is 12.3 Å². The molecule has 1 saturated carbocycles. The van der Waals surface area contributed by atoms with Gasteiger partial charge >= 0.3 is 0 Å². The van der Waals surface area contributed by atoms with E-state index in [9.17, 15) is 9.59 Å². The monoisotopic (exact) mass is 383 g/mol. The molecule has 0 aliphatic heterocycles. The highest BCUT2D eigenvalue weighted by Crippen LogP contribution is 2.28. The molecule has 0 saturated heterocycles. The summed E-state index contributed by atoms with van der Waals surface area (Å²) in [5.74, 6) is 0.601. The molecular formula is C22H29N3O3. The van der Waals surface area contributed by atoms with Crippen molar-refractivity contribution < 1.29 is 14.3 Å². The largest absolute Gasteiger partial charge is 0.497 e. The van der Waals surface area contributed by atoms with Crippen molar-refractivity contribution in [1.82, 2.24) is 14.4 Å². The van der Waals surface area contributed by atoms with Gasteiger partial charge in [-0.25, -0.2) is 0 Å². The molecule has 0 spiro atoms. The number of nitrogens with zero attached hydrogens (tertiary/aromatic N) is 3. The molecule has 1 aromatic carbocycles. The van der Waals surface area contributed by atoms with Crippen molar-refractivity contribution in [2.24, 2.45) is 7.05 Å². The highest BCUT2D eigenvalue weighted by atomic mass is 16.5. The summed E-state index contributed by atoms with van der Waals surface area (Å²) in [4.78, 5) is 29.6. The molecule has 2 aromatic rings. The van der Waals surface area contributed by atoms with Crippen LogP contribution in [-0.4, -0.2) is 52.4 Å². The second-order valence-corrected chi connectivity index (χ2v) is 7.32. The van der Waals surface area contributed by atoms with Crippen LogP contribution in [0.15, 0.2) is 42.6 Å². The normalized spacial score (nSPS) is 13.2. The molecule has 28 heavy (non-hydrogen) atoms. The lowest BCUT2D eigenvalue weighted by Crippen LogP contribution is -2.44. The molecule has 0 radical (unpaired) electrons. The van der Waals surface area contributed by atoms with Crippen molar-refractivity contribution in [3.63, 3.8) is 0 Å². The Morgan fingerprint density at radius 2 is 1.89 bits per heavy atom. The first-order valence-corrected chi connectivity index (χ1v) is 9.86. The van der Waals surface area contributed by atoms with E-state index in [1.807, 2.05) is 41.8 Å². The summed E-state index contributed by atoms with van der Waals surface area (Å²) in [7, 11) is 3.58. The van der Waals surface area contributed by atoms with Crippen molar-refractivity contribution in [3.8, 4) is 5.75 Å². The Kier molecular flexibility index (Phi) is 6.39. The van der Waals surface area contributed by atoms with Crippen LogP contribution in [0.5, 0.6) is 5.75 Å². The predicted octanol–water partition coefficient (Wildman–Crippen LogP) is 3.08. The molecule has 0 bridgehead atoms. The molecule has 150 valence electrons. The smallest absolute Gasteiger partial charge is 0.254 e. The fourth-order valence-electron chi connectivity index (χ4n) is 3.33. The lowest BCUT2D eigenvalue weighted by atomic mass is 10.2. The van der Waals surface area contributed by atoms with Gasteiger partial charge < -0.3 is 19.1 Å². The molecule has 0 N–H and O–H groups in total. The molecule has 6 nitrogen and oxygen atoms in total. The summed E-state index contributed by atoms with van der Waals surface area (Å²) in [6.45, 7) is 3.27. The van der Waals surface area contributed by atoms with Crippen LogP contribution >= 0.6 is 0 Å². The Morgan fingerprint density at radius 3 is 2.43 bits per heavy atom. The van der Waals surface area contributed by atoms with Crippen LogP contribution in [0.25, 0.3) is 0 Å². The van der Waals surface area contributed by atoms with E-state index >= 15 is 0 Å². The Hall–Kier alpha value is -2.76. The van der Waals surface area contributed by atoms with Crippen LogP contribution in [0.3, 0.4) is 0 Å². The van der Waals surface area contributed by atoms with Gasteiger partial charge in [0.2, 0.25) is 5.91 Å². The molecule has 0 atom stereocenters. The first-order valence-electron chi connectivity index (χ1n) is 9.86. The molecule has 1 fully saturated rings. The summed E-state index contributed by atoms with van der Waals surface area (Å²) in [5.41, 5.74) is 1.67. The first-order chi connectivity index (χ1) is 13.5. The van der Waals surface area contributed by atoms with Crippen molar-refractivity contribution in [2.45, 2.75) is 38.8 Å². The Bertz CT molecular complexity index is 809. The van der Waals surface area contributed by atoms with E-state index in [1.165, 1.54) is 0 Å². The van der Waals surface area contributed by atoms with Gasteiger partial charge in [-0.1, -0.05) is 6.92 Å². The molecule has 1 aromatic heterocycles. The van der Waals surface area contributed by atoms with Crippen LogP contribution in [0.2, 0.25) is 0 Å². The maximum atomic E-state index is 13.1. The van der Waals surface area contributed by atoms with E-state index in [0.29, 0.717) is 30.4 Å². The minimum atomic E-state index is -0.118. The maximum Gasteiger partial charge on any atom is 0.254 e. The third-order valence-electron chi connectivity index (χ3n) is 5.14. The van der Waals surface area contributed by atoms with Crippen molar-refractivity contribution in [2.75, 3.05) is 20.2 Å². The number of ether oxygens (including phenoxy) is 1. The van der Waals surface area contributed by atoms with E-state index in [0.717, 1.165) is 25.0 Å². The van der Waals surface area contributed by atoms with Crippen LogP contribution in [0, 0.1) is 0 Å². The summed E-state index contributed by atoms with van der Waals surface area (Å²) in [6.07, 6.45) is 4.87. The molecule has 1 heterocycles. The average Bonchev–Trinajstić information content (AvgIpc) is 3.47. The lowest BCUT2D eigenvalue weighted by Gasteiger charge is -2.28. The zero-order valence-corrected chi connectivity index (χ0v) is 16.9. The Labute approximate surface area is 166 Å². The number of hydrogen-bond donors (Lipinski definition) is 0. The summed E-state index contributed by atoms with van der Waals surface area (Å²) < 4.78 is 7.19. The summed E-state index contributed by atoms with van der Waals surface area (Å²) in [6, 6.07) is 11.3. The van der Waals surface area contributed by atoms with E-state index < -0.39 is 0 Å². The van der Waals surface area contributed by atoms with Crippen LogP contribution in [0.4, 0.5) is 0 Å². The van der Waals surface area contributed by atoms with Gasteiger partial charge in [-0.2, -0.15) is 0 Å². The molecule has 3 rings (SSSR count). The van der Waals surface area contributed by atoms with Gasteiger partial charge in [0.05, 0.1) is 13.7 Å². The van der Waals surface area contributed by atoms with Crippen molar-refractivity contribution >= 4 is 11.8 Å². The second-order valence-electron chi connectivity index (χ2n) is 7.32. The van der Waals surface area contributed by atoms with E-state index in [1.54, 1.807) is 36.3 Å².